The van der Waals surface area contributed by atoms with E-state index in [4.69, 9.17) is 0 Å². The van der Waals surface area contributed by atoms with Gasteiger partial charge in [0, 0.05) is 21.5 Å². The van der Waals surface area contributed by atoms with Crippen molar-refractivity contribution in [1.82, 2.24) is 13.7 Å². The van der Waals surface area contributed by atoms with Crippen molar-refractivity contribution in [2.45, 2.75) is 0 Å². The molecule has 0 aliphatic rings. The molecule has 7 aromatic carbocycles. The summed E-state index contributed by atoms with van der Waals surface area (Å²) in [5, 5.41) is 4.92. The van der Waals surface area contributed by atoms with Crippen molar-refractivity contribution in [1.29, 1.82) is 0 Å². The van der Waals surface area contributed by atoms with Crippen LogP contribution in [0.3, 0.4) is 0 Å². The van der Waals surface area contributed by atoms with E-state index in [9.17, 15) is 0 Å². The van der Waals surface area contributed by atoms with Crippen LogP contribution in [-0.4, -0.2) is 13.7 Å². The summed E-state index contributed by atoms with van der Waals surface area (Å²) in [4.78, 5) is 0. The van der Waals surface area contributed by atoms with Gasteiger partial charge in [0.25, 0.3) is 0 Å². The number of rotatable bonds is 5. The molecule has 230 valence electrons. The van der Waals surface area contributed by atoms with Crippen LogP contribution < -0.4 is 0 Å². The fourth-order valence-corrected chi connectivity index (χ4v) is 7.68. The second-order valence-electron chi connectivity index (χ2n) is 12.7. The second kappa shape index (κ2) is 11.0. The van der Waals surface area contributed by atoms with E-state index in [0.717, 1.165) is 28.5 Å². The molecule has 3 aromatic heterocycles. The minimum absolute atomic E-state index is 1.10. The predicted octanol–water partition coefficient (Wildman–Crippen LogP) is 12.0. The van der Waals surface area contributed by atoms with E-state index in [-0.39, 0.29) is 0 Å². The molecule has 0 amide bonds. The summed E-state index contributed by atoms with van der Waals surface area (Å²) in [7, 11) is 0. The molecule has 10 rings (SSSR count). The maximum absolute atomic E-state index is 2.43. The molecule has 0 spiro atoms. The monoisotopic (exact) mass is 625 g/mol. The fraction of sp³-hybridized carbons (Fsp3) is 0. The number of nitrogens with zero attached hydrogens (tertiary/aromatic N) is 3. The van der Waals surface area contributed by atoms with E-state index in [0.29, 0.717) is 0 Å². The Bertz CT molecular complexity index is 2630. The molecule has 0 saturated carbocycles. The summed E-state index contributed by atoms with van der Waals surface area (Å²) in [6.07, 6.45) is 0. The van der Waals surface area contributed by atoms with Crippen LogP contribution in [0.25, 0.3) is 83.2 Å². The van der Waals surface area contributed by atoms with Gasteiger partial charge in [-0.2, -0.15) is 0 Å². The highest BCUT2D eigenvalue weighted by Gasteiger charge is 2.19. The maximum Gasteiger partial charge on any atom is 0.0541 e. The summed E-state index contributed by atoms with van der Waals surface area (Å²) in [5.41, 5.74) is 12.7. The summed E-state index contributed by atoms with van der Waals surface area (Å²) < 4.78 is 7.29. The zero-order chi connectivity index (χ0) is 32.3. The number of hydrogen-bond donors (Lipinski definition) is 0. The predicted molar refractivity (Wildman–Crippen MR) is 205 cm³/mol. The first-order valence-electron chi connectivity index (χ1n) is 16.8. The molecule has 3 heterocycles. The van der Waals surface area contributed by atoms with Crippen LogP contribution in [-0.2, 0) is 0 Å². The number of fused-ring (bicyclic) bond motifs is 5. The van der Waals surface area contributed by atoms with Crippen molar-refractivity contribution in [3.8, 4) is 39.6 Å². The van der Waals surface area contributed by atoms with Crippen molar-refractivity contribution in [3.05, 3.63) is 188 Å². The molecule has 0 aliphatic carbocycles. The summed E-state index contributed by atoms with van der Waals surface area (Å²) in [5.74, 6) is 0. The van der Waals surface area contributed by atoms with E-state index >= 15 is 0 Å². The van der Waals surface area contributed by atoms with Crippen molar-refractivity contribution < 1.29 is 0 Å². The maximum atomic E-state index is 2.43. The van der Waals surface area contributed by atoms with E-state index in [1.54, 1.807) is 0 Å². The third-order valence-corrected chi connectivity index (χ3v) is 9.80. The molecule has 10 aromatic rings. The molecule has 49 heavy (non-hydrogen) atoms. The second-order valence-corrected chi connectivity index (χ2v) is 12.7. The molecule has 0 saturated heterocycles. The highest BCUT2D eigenvalue weighted by atomic mass is 15.0. The average molecular weight is 626 g/mol. The smallest absolute Gasteiger partial charge is 0.0541 e. The Morgan fingerprint density at radius 2 is 0.612 bits per heavy atom. The fourth-order valence-electron chi connectivity index (χ4n) is 7.68. The quantitative estimate of drug-likeness (QED) is 0.181. The van der Waals surface area contributed by atoms with Gasteiger partial charge in [0.2, 0.25) is 0 Å². The summed E-state index contributed by atoms with van der Waals surface area (Å²) in [6.45, 7) is 0. The topological polar surface area (TPSA) is 14.8 Å². The Hall–Kier alpha value is -6.58. The molecule has 0 aliphatic heterocycles. The van der Waals surface area contributed by atoms with Crippen LogP contribution in [0.4, 0.5) is 0 Å². The first-order valence-corrected chi connectivity index (χ1v) is 16.8. The average Bonchev–Trinajstić information content (AvgIpc) is 3.86. The Kier molecular flexibility index (Phi) is 6.18. The minimum Gasteiger partial charge on any atom is -0.309 e. The van der Waals surface area contributed by atoms with E-state index in [2.05, 4.69) is 202 Å². The van der Waals surface area contributed by atoms with Gasteiger partial charge in [0.1, 0.15) is 0 Å². The zero-order valence-corrected chi connectivity index (χ0v) is 26.7. The van der Waals surface area contributed by atoms with Crippen LogP contribution in [0.1, 0.15) is 0 Å². The molecule has 0 bridgehead atoms. The third-order valence-electron chi connectivity index (χ3n) is 9.80. The zero-order valence-electron chi connectivity index (χ0n) is 26.7. The van der Waals surface area contributed by atoms with Crippen LogP contribution >= 0.6 is 0 Å². The highest BCUT2D eigenvalue weighted by Crippen LogP contribution is 2.39. The molecular formula is C46H31N3. The summed E-state index contributed by atoms with van der Waals surface area (Å²) in [6, 6.07) is 68.1. The van der Waals surface area contributed by atoms with Gasteiger partial charge >= 0.3 is 0 Å². The number of aromatic nitrogens is 3. The van der Waals surface area contributed by atoms with E-state index in [1.807, 2.05) is 0 Å². The molecule has 0 radical (unpaired) electrons. The third kappa shape index (κ3) is 4.37. The lowest BCUT2D eigenvalue weighted by atomic mass is 10.1. The van der Waals surface area contributed by atoms with Gasteiger partial charge in [0.05, 0.1) is 50.5 Å². The molecule has 0 unspecified atom stereocenters. The van der Waals surface area contributed by atoms with Gasteiger partial charge in [-0.15, -0.1) is 0 Å². The van der Waals surface area contributed by atoms with Crippen molar-refractivity contribution in [2.24, 2.45) is 0 Å². The largest absolute Gasteiger partial charge is 0.309 e. The number of para-hydroxylation sites is 4. The molecule has 3 heteroatoms. The van der Waals surface area contributed by atoms with Crippen LogP contribution in [0, 0.1) is 0 Å². The summed E-state index contributed by atoms with van der Waals surface area (Å²) >= 11 is 0. The van der Waals surface area contributed by atoms with Gasteiger partial charge < -0.3 is 13.7 Å². The lowest BCUT2D eigenvalue weighted by molar-refractivity contribution is 1.07. The van der Waals surface area contributed by atoms with Crippen LogP contribution in [0.5, 0.6) is 0 Å². The minimum atomic E-state index is 1.10. The highest BCUT2D eigenvalue weighted by molar-refractivity contribution is 6.09. The Morgan fingerprint density at radius 1 is 0.265 bits per heavy atom. The van der Waals surface area contributed by atoms with Gasteiger partial charge in [-0.25, -0.2) is 0 Å². The van der Waals surface area contributed by atoms with E-state index in [1.165, 1.54) is 54.7 Å². The Morgan fingerprint density at radius 3 is 1.06 bits per heavy atom. The number of hydrogen-bond acceptors (Lipinski definition) is 0. The molecule has 3 nitrogen and oxygen atoms in total. The Balaban J connectivity index is 1.35. The lowest BCUT2D eigenvalue weighted by Crippen LogP contribution is -2.05. The van der Waals surface area contributed by atoms with Crippen LogP contribution in [0.15, 0.2) is 188 Å². The first kappa shape index (κ1) is 27.5. The first-order chi connectivity index (χ1) is 24.3. The van der Waals surface area contributed by atoms with Crippen molar-refractivity contribution in [2.75, 3.05) is 0 Å². The van der Waals surface area contributed by atoms with Crippen LogP contribution in [0.2, 0.25) is 0 Å². The molecule has 0 fully saturated rings. The lowest BCUT2D eigenvalue weighted by Gasteiger charge is -2.19. The van der Waals surface area contributed by atoms with Crippen molar-refractivity contribution >= 4 is 43.6 Å². The normalized spacial score (nSPS) is 11.7. The van der Waals surface area contributed by atoms with Gasteiger partial charge in [-0.05, 0) is 65.7 Å². The van der Waals surface area contributed by atoms with E-state index < -0.39 is 0 Å². The molecule has 0 N–H and O–H groups in total. The van der Waals surface area contributed by atoms with Gasteiger partial charge in [0.15, 0.2) is 0 Å². The Labute approximate surface area is 284 Å². The van der Waals surface area contributed by atoms with Gasteiger partial charge in [-0.1, -0.05) is 133 Å². The molecule has 0 atom stereocenters. The van der Waals surface area contributed by atoms with Crippen molar-refractivity contribution in [3.63, 3.8) is 0 Å². The SMILES string of the molecule is c1ccc(-c2cc3ccccc3n2-c2cc(-n3c(-c4ccccc4)cc4ccccc43)cc(-n3c4ccccc4c4ccccc43)c2)cc1. The standard InChI is InChI=1S/C46H31N3/c1-3-15-32(16-4-1)45-27-34-19-7-11-23-41(34)47(45)36-29-37(48-42-24-12-8-20-35(42)28-46(48)33-17-5-2-6-18-33)31-38(30-36)49-43-25-13-9-21-39(43)40-22-10-14-26-44(40)49/h1-31H. The number of benzene rings is 7. The molecular weight excluding hydrogens is 595 g/mol. The van der Waals surface area contributed by atoms with Gasteiger partial charge in [-0.3, -0.25) is 0 Å².